The number of nitrogens with zero attached hydrogens (tertiary/aromatic N) is 2. The van der Waals surface area contributed by atoms with Crippen LogP contribution in [0.25, 0.3) is 0 Å². The standard InChI is InChI=1S/C14H16N2O4/c1-15-12(17)8-16(9-13(15)18)11-4-2-3-10(7-11)5-6-14(19)20/h2-4,7H,5-6,8-9H2,1H3,(H,19,20). The number of carbonyl (C=O) groups excluding carboxylic acids is 2. The fourth-order valence-electron chi connectivity index (χ4n) is 2.08. The Balaban J connectivity index is 2.12. The number of likely N-dealkylation sites (N-methyl/N-ethyl adjacent to an activating group) is 1. The van der Waals surface area contributed by atoms with E-state index in [0.717, 1.165) is 16.2 Å². The largest absolute Gasteiger partial charge is 0.481 e. The molecule has 1 saturated heterocycles. The van der Waals surface area contributed by atoms with Crippen molar-refractivity contribution >= 4 is 23.5 Å². The summed E-state index contributed by atoms with van der Waals surface area (Å²) in [6, 6.07) is 7.29. The minimum absolute atomic E-state index is 0.0596. The predicted molar refractivity (Wildman–Crippen MR) is 72.4 cm³/mol. The van der Waals surface area contributed by atoms with Crippen LogP contribution in [0.4, 0.5) is 5.69 Å². The van der Waals surface area contributed by atoms with E-state index < -0.39 is 5.97 Å². The summed E-state index contributed by atoms with van der Waals surface area (Å²) in [5.74, 6) is -1.32. The first kappa shape index (κ1) is 14.0. The third-order valence-electron chi connectivity index (χ3n) is 3.30. The van der Waals surface area contributed by atoms with E-state index in [4.69, 9.17) is 5.11 Å². The van der Waals surface area contributed by atoms with Gasteiger partial charge in [0.05, 0.1) is 13.1 Å². The second-order valence-corrected chi connectivity index (χ2v) is 4.77. The highest BCUT2D eigenvalue weighted by atomic mass is 16.4. The van der Waals surface area contributed by atoms with Gasteiger partial charge >= 0.3 is 5.97 Å². The van der Waals surface area contributed by atoms with E-state index in [1.807, 2.05) is 18.2 Å². The molecule has 0 spiro atoms. The van der Waals surface area contributed by atoms with Crippen LogP contribution < -0.4 is 4.90 Å². The number of aryl methyl sites for hydroxylation is 1. The van der Waals surface area contributed by atoms with E-state index in [2.05, 4.69) is 0 Å². The lowest BCUT2D eigenvalue weighted by atomic mass is 10.1. The number of imide groups is 1. The van der Waals surface area contributed by atoms with E-state index in [1.54, 1.807) is 11.0 Å². The number of piperazine rings is 1. The summed E-state index contributed by atoms with van der Waals surface area (Å²) >= 11 is 0. The summed E-state index contributed by atoms with van der Waals surface area (Å²) in [6.07, 6.45) is 0.489. The molecule has 2 rings (SSSR count). The zero-order chi connectivity index (χ0) is 14.7. The molecular weight excluding hydrogens is 260 g/mol. The van der Waals surface area contributed by atoms with Gasteiger partial charge in [0.25, 0.3) is 0 Å². The minimum atomic E-state index is -0.847. The van der Waals surface area contributed by atoms with Gasteiger partial charge in [-0.05, 0) is 24.1 Å². The molecule has 0 aliphatic carbocycles. The SMILES string of the molecule is CN1C(=O)CN(c2cccc(CCC(=O)O)c2)CC1=O. The highest BCUT2D eigenvalue weighted by Crippen LogP contribution is 2.19. The van der Waals surface area contributed by atoms with Crippen molar-refractivity contribution in [1.82, 2.24) is 4.90 Å². The number of carboxylic acid groups (broad SMARTS) is 1. The van der Waals surface area contributed by atoms with Gasteiger partial charge in [0.15, 0.2) is 0 Å². The van der Waals surface area contributed by atoms with Crippen LogP contribution in [-0.4, -0.2) is 47.9 Å². The number of carboxylic acids is 1. The number of rotatable bonds is 4. The van der Waals surface area contributed by atoms with Crippen molar-refractivity contribution in [2.75, 3.05) is 25.0 Å². The van der Waals surface area contributed by atoms with Crippen molar-refractivity contribution in [2.24, 2.45) is 0 Å². The van der Waals surface area contributed by atoms with E-state index >= 15 is 0 Å². The highest BCUT2D eigenvalue weighted by Gasteiger charge is 2.28. The Morgan fingerprint density at radius 2 is 1.90 bits per heavy atom. The first-order chi connectivity index (χ1) is 9.47. The van der Waals surface area contributed by atoms with E-state index in [9.17, 15) is 14.4 Å². The number of hydrogen-bond acceptors (Lipinski definition) is 4. The van der Waals surface area contributed by atoms with Gasteiger partial charge in [-0.3, -0.25) is 19.3 Å². The smallest absolute Gasteiger partial charge is 0.303 e. The van der Waals surface area contributed by atoms with Crippen molar-refractivity contribution < 1.29 is 19.5 Å². The van der Waals surface area contributed by atoms with Crippen molar-refractivity contribution in [3.63, 3.8) is 0 Å². The molecule has 0 aromatic heterocycles. The van der Waals surface area contributed by atoms with Gasteiger partial charge in [0, 0.05) is 19.2 Å². The number of carbonyl (C=O) groups is 3. The van der Waals surface area contributed by atoms with Crippen LogP contribution in [-0.2, 0) is 20.8 Å². The maximum atomic E-state index is 11.7. The van der Waals surface area contributed by atoms with Crippen LogP contribution in [0.5, 0.6) is 0 Å². The van der Waals surface area contributed by atoms with Crippen LogP contribution in [0.3, 0.4) is 0 Å². The van der Waals surface area contributed by atoms with Crippen molar-refractivity contribution in [3.8, 4) is 0 Å². The minimum Gasteiger partial charge on any atom is -0.481 e. The van der Waals surface area contributed by atoms with Crippen molar-refractivity contribution in [3.05, 3.63) is 29.8 Å². The molecule has 1 aromatic rings. The van der Waals surface area contributed by atoms with Gasteiger partial charge < -0.3 is 10.0 Å². The van der Waals surface area contributed by atoms with Gasteiger partial charge in [-0.25, -0.2) is 0 Å². The fourth-order valence-corrected chi connectivity index (χ4v) is 2.08. The Hall–Kier alpha value is -2.37. The molecule has 1 aliphatic rings. The van der Waals surface area contributed by atoms with Crippen molar-refractivity contribution in [2.45, 2.75) is 12.8 Å². The quantitative estimate of drug-likeness (QED) is 0.811. The first-order valence-electron chi connectivity index (χ1n) is 6.32. The summed E-state index contributed by atoms with van der Waals surface area (Å²) in [7, 11) is 1.48. The van der Waals surface area contributed by atoms with Crippen LogP contribution in [0.1, 0.15) is 12.0 Å². The lowest BCUT2D eigenvalue weighted by molar-refractivity contribution is -0.143. The number of anilines is 1. The Bertz CT molecular complexity index is 538. The predicted octanol–water partition coefficient (Wildman–Crippen LogP) is 0.509. The zero-order valence-corrected chi connectivity index (χ0v) is 11.2. The average Bonchev–Trinajstić information content (AvgIpc) is 2.42. The van der Waals surface area contributed by atoms with E-state index in [1.165, 1.54) is 7.05 Å². The molecule has 6 nitrogen and oxygen atoms in total. The average molecular weight is 276 g/mol. The second kappa shape index (κ2) is 5.73. The number of hydrogen-bond donors (Lipinski definition) is 1. The zero-order valence-electron chi connectivity index (χ0n) is 11.2. The maximum absolute atomic E-state index is 11.7. The Labute approximate surface area is 116 Å². The van der Waals surface area contributed by atoms with E-state index in [-0.39, 0.29) is 31.3 Å². The molecule has 106 valence electrons. The van der Waals surface area contributed by atoms with Gasteiger partial charge in [0.1, 0.15) is 0 Å². The van der Waals surface area contributed by atoms with Crippen LogP contribution in [0.15, 0.2) is 24.3 Å². The molecular formula is C14H16N2O4. The molecule has 20 heavy (non-hydrogen) atoms. The normalized spacial score (nSPS) is 15.7. The molecule has 1 aromatic carbocycles. The lowest BCUT2D eigenvalue weighted by Crippen LogP contribution is -2.52. The molecule has 0 atom stereocenters. The van der Waals surface area contributed by atoms with Gasteiger partial charge in [-0.1, -0.05) is 12.1 Å². The van der Waals surface area contributed by atoms with Crippen molar-refractivity contribution in [1.29, 1.82) is 0 Å². The fraction of sp³-hybridized carbons (Fsp3) is 0.357. The summed E-state index contributed by atoms with van der Waals surface area (Å²) in [5.41, 5.74) is 1.64. The highest BCUT2D eigenvalue weighted by molar-refractivity contribution is 6.02. The molecule has 1 heterocycles. The Kier molecular flexibility index (Phi) is 4.02. The topological polar surface area (TPSA) is 77.9 Å². The molecule has 1 aliphatic heterocycles. The Morgan fingerprint density at radius 3 is 2.50 bits per heavy atom. The van der Waals surface area contributed by atoms with Gasteiger partial charge in [-0.15, -0.1) is 0 Å². The van der Waals surface area contributed by atoms with Crippen LogP contribution in [0, 0.1) is 0 Å². The number of benzene rings is 1. The second-order valence-electron chi connectivity index (χ2n) is 4.77. The molecule has 6 heteroatoms. The summed E-state index contributed by atoms with van der Waals surface area (Å²) < 4.78 is 0. The summed E-state index contributed by atoms with van der Waals surface area (Å²) in [6.45, 7) is 0.315. The van der Waals surface area contributed by atoms with Crippen LogP contribution in [0.2, 0.25) is 0 Å². The number of amides is 2. The van der Waals surface area contributed by atoms with Gasteiger partial charge in [0.2, 0.25) is 11.8 Å². The molecule has 0 saturated carbocycles. The number of aliphatic carboxylic acids is 1. The molecule has 0 unspecified atom stereocenters. The molecule has 1 fully saturated rings. The van der Waals surface area contributed by atoms with Gasteiger partial charge in [-0.2, -0.15) is 0 Å². The maximum Gasteiger partial charge on any atom is 0.303 e. The molecule has 0 bridgehead atoms. The molecule has 1 N–H and O–H groups in total. The monoisotopic (exact) mass is 276 g/mol. The first-order valence-corrected chi connectivity index (χ1v) is 6.32. The lowest BCUT2D eigenvalue weighted by Gasteiger charge is -2.32. The third kappa shape index (κ3) is 3.14. The summed E-state index contributed by atoms with van der Waals surface area (Å²) in [5, 5.41) is 8.69. The van der Waals surface area contributed by atoms with E-state index in [0.29, 0.717) is 6.42 Å². The van der Waals surface area contributed by atoms with Crippen LogP contribution >= 0.6 is 0 Å². The Morgan fingerprint density at radius 1 is 1.25 bits per heavy atom. The summed E-state index contributed by atoms with van der Waals surface area (Å²) in [4.78, 5) is 36.8. The molecule has 0 radical (unpaired) electrons. The third-order valence-corrected chi connectivity index (χ3v) is 3.30. The molecule has 2 amide bonds.